The van der Waals surface area contributed by atoms with Crippen LogP contribution in [0, 0.1) is 24.2 Å². The van der Waals surface area contributed by atoms with Gasteiger partial charge in [-0.15, -0.1) is 0 Å². The lowest BCUT2D eigenvalue weighted by Gasteiger charge is -2.10. The Morgan fingerprint density at radius 2 is 2.06 bits per heavy atom. The normalized spacial score (nSPS) is 11.2. The Labute approximate surface area is 99.1 Å². The second kappa shape index (κ2) is 5.24. The number of nitrogens with one attached hydrogen (secondary N) is 1. The number of thiocarbonyl (C=S) groups is 1. The van der Waals surface area contributed by atoms with Crippen molar-refractivity contribution in [1.29, 1.82) is 5.26 Å². The lowest BCUT2D eigenvalue weighted by molar-refractivity contribution is -0.118. The number of nitrogens with zero attached hydrogens (tertiary/aromatic N) is 1. The van der Waals surface area contributed by atoms with Gasteiger partial charge in [0.1, 0.15) is 4.99 Å². The number of anilines is 1. The number of primary amides is 1. The fraction of sp³-hybridized carbons (Fsp3) is 0.182. The zero-order valence-electron chi connectivity index (χ0n) is 8.73. The molecule has 0 heterocycles. The number of nitrogens with two attached hydrogens (primary N) is 1. The summed E-state index contributed by atoms with van der Waals surface area (Å²) in [5.74, 6) is -1.83. The van der Waals surface area contributed by atoms with Gasteiger partial charge in [0.2, 0.25) is 5.91 Å². The molecule has 0 aliphatic heterocycles. The van der Waals surface area contributed by atoms with Crippen LogP contribution in [0.4, 0.5) is 5.69 Å². The largest absolute Gasteiger partial charge is 0.368 e. The first-order valence-corrected chi connectivity index (χ1v) is 5.02. The molecule has 0 aliphatic rings. The van der Waals surface area contributed by atoms with E-state index in [0.717, 1.165) is 11.3 Å². The molecule has 82 valence electrons. The summed E-state index contributed by atoms with van der Waals surface area (Å²) in [5.41, 5.74) is 6.88. The number of carbonyl (C=O) groups is 1. The molecule has 1 atom stereocenters. The molecule has 5 heteroatoms. The van der Waals surface area contributed by atoms with Crippen LogP contribution in [0.2, 0.25) is 0 Å². The van der Waals surface area contributed by atoms with Crippen molar-refractivity contribution in [2.24, 2.45) is 11.7 Å². The predicted molar refractivity (Wildman–Crippen MR) is 65.7 cm³/mol. The molecule has 0 aliphatic carbocycles. The van der Waals surface area contributed by atoms with Crippen LogP contribution in [-0.2, 0) is 4.79 Å². The average Bonchev–Trinajstić information content (AvgIpc) is 2.22. The van der Waals surface area contributed by atoms with Crippen LogP contribution in [0.15, 0.2) is 24.3 Å². The van der Waals surface area contributed by atoms with Crippen molar-refractivity contribution in [2.75, 3.05) is 5.32 Å². The molecule has 4 nitrogen and oxygen atoms in total. The van der Waals surface area contributed by atoms with E-state index in [-0.39, 0.29) is 4.99 Å². The molecule has 1 unspecified atom stereocenters. The summed E-state index contributed by atoms with van der Waals surface area (Å²) in [7, 11) is 0. The third kappa shape index (κ3) is 3.04. The van der Waals surface area contributed by atoms with Crippen molar-refractivity contribution in [2.45, 2.75) is 6.92 Å². The molecule has 0 fully saturated rings. The Hall–Kier alpha value is -1.93. The van der Waals surface area contributed by atoms with Gasteiger partial charge in [0.25, 0.3) is 0 Å². The Balaban J connectivity index is 2.75. The number of rotatable bonds is 3. The molecule has 0 radical (unpaired) electrons. The molecule has 0 saturated carbocycles. The highest BCUT2D eigenvalue weighted by Crippen LogP contribution is 2.10. The van der Waals surface area contributed by atoms with Crippen LogP contribution in [0.25, 0.3) is 0 Å². The van der Waals surface area contributed by atoms with Gasteiger partial charge in [-0.05, 0) is 19.1 Å². The van der Waals surface area contributed by atoms with Crippen molar-refractivity contribution in [3.05, 3.63) is 29.8 Å². The Morgan fingerprint density at radius 3 is 2.50 bits per heavy atom. The zero-order valence-corrected chi connectivity index (χ0v) is 9.54. The van der Waals surface area contributed by atoms with Crippen molar-refractivity contribution in [3.63, 3.8) is 0 Å². The zero-order chi connectivity index (χ0) is 12.1. The molecule has 16 heavy (non-hydrogen) atoms. The molecule has 0 saturated heterocycles. The highest BCUT2D eigenvalue weighted by molar-refractivity contribution is 7.80. The summed E-state index contributed by atoms with van der Waals surface area (Å²) in [4.78, 5) is 11.0. The van der Waals surface area contributed by atoms with Gasteiger partial charge in [-0.3, -0.25) is 4.79 Å². The van der Waals surface area contributed by atoms with Gasteiger partial charge in [-0.1, -0.05) is 29.9 Å². The summed E-state index contributed by atoms with van der Waals surface area (Å²) in [6.07, 6.45) is 0. The standard InChI is InChI=1S/C11H11N3OS/c1-7-2-4-8(5-3-7)14-11(16)9(6-12)10(13)15/h2-5,9H,1H3,(H2,13,15)(H,14,16). The van der Waals surface area contributed by atoms with Gasteiger partial charge in [-0.25, -0.2) is 0 Å². The fourth-order valence-electron chi connectivity index (χ4n) is 1.10. The number of carbonyl (C=O) groups excluding carboxylic acids is 1. The van der Waals surface area contributed by atoms with E-state index in [0.29, 0.717) is 0 Å². The summed E-state index contributed by atoms with van der Waals surface area (Å²) in [5, 5.41) is 11.5. The molecular weight excluding hydrogens is 222 g/mol. The molecule has 1 amide bonds. The molecule has 3 N–H and O–H groups in total. The Kier molecular flexibility index (Phi) is 3.97. The Morgan fingerprint density at radius 1 is 1.50 bits per heavy atom. The molecule has 1 rings (SSSR count). The van der Waals surface area contributed by atoms with E-state index in [9.17, 15) is 4.79 Å². The quantitative estimate of drug-likeness (QED) is 0.773. The van der Waals surface area contributed by atoms with E-state index in [1.165, 1.54) is 0 Å². The van der Waals surface area contributed by atoms with E-state index < -0.39 is 11.8 Å². The van der Waals surface area contributed by atoms with E-state index in [2.05, 4.69) is 5.32 Å². The maximum Gasteiger partial charge on any atom is 0.241 e. The highest BCUT2D eigenvalue weighted by Gasteiger charge is 2.19. The van der Waals surface area contributed by atoms with Gasteiger partial charge in [0.05, 0.1) is 6.07 Å². The lowest BCUT2D eigenvalue weighted by Crippen LogP contribution is -2.32. The smallest absolute Gasteiger partial charge is 0.241 e. The summed E-state index contributed by atoms with van der Waals surface area (Å²) in [6.45, 7) is 1.96. The molecular formula is C11H11N3OS. The van der Waals surface area contributed by atoms with Crippen LogP contribution in [0.1, 0.15) is 5.56 Å². The van der Waals surface area contributed by atoms with Crippen molar-refractivity contribution < 1.29 is 4.79 Å². The number of hydrogen-bond acceptors (Lipinski definition) is 3. The number of hydrogen-bond donors (Lipinski definition) is 2. The van der Waals surface area contributed by atoms with E-state index in [1.54, 1.807) is 6.07 Å². The van der Waals surface area contributed by atoms with Gasteiger partial charge >= 0.3 is 0 Å². The molecule has 0 bridgehead atoms. The SMILES string of the molecule is Cc1ccc(NC(=S)C(C#N)C(N)=O)cc1. The van der Waals surface area contributed by atoms with E-state index in [1.807, 2.05) is 31.2 Å². The van der Waals surface area contributed by atoms with Crippen LogP contribution in [0.5, 0.6) is 0 Å². The summed E-state index contributed by atoms with van der Waals surface area (Å²) < 4.78 is 0. The molecule has 0 spiro atoms. The second-order valence-corrected chi connectivity index (χ2v) is 3.76. The van der Waals surface area contributed by atoms with Crippen LogP contribution < -0.4 is 11.1 Å². The highest BCUT2D eigenvalue weighted by atomic mass is 32.1. The first-order chi connectivity index (χ1) is 7.54. The van der Waals surface area contributed by atoms with Gasteiger partial charge in [-0.2, -0.15) is 5.26 Å². The van der Waals surface area contributed by atoms with Crippen LogP contribution >= 0.6 is 12.2 Å². The molecule has 1 aromatic carbocycles. The van der Waals surface area contributed by atoms with Gasteiger partial charge in [0, 0.05) is 5.69 Å². The van der Waals surface area contributed by atoms with Crippen LogP contribution in [-0.4, -0.2) is 10.9 Å². The summed E-state index contributed by atoms with van der Waals surface area (Å²) >= 11 is 4.93. The van der Waals surface area contributed by atoms with Gasteiger partial charge < -0.3 is 11.1 Å². The fourth-order valence-corrected chi connectivity index (χ4v) is 1.39. The van der Waals surface area contributed by atoms with E-state index >= 15 is 0 Å². The first kappa shape index (κ1) is 12.1. The lowest BCUT2D eigenvalue weighted by atomic mass is 10.1. The van der Waals surface area contributed by atoms with Crippen molar-refractivity contribution in [1.82, 2.24) is 0 Å². The van der Waals surface area contributed by atoms with Crippen molar-refractivity contribution >= 4 is 28.8 Å². The topological polar surface area (TPSA) is 78.9 Å². The predicted octanol–water partition coefficient (Wildman–Crippen LogP) is 1.36. The minimum atomic E-state index is -1.09. The second-order valence-electron chi connectivity index (χ2n) is 3.32. The first-order valence-electron chi connectivity index (χ1n) is 4.61. The summed E-state index contributed by atoms with van der Waals surface area (Å²) in [6, 6.07) is 9.19. The number of benzene rings is 1. The van der Waals surface area contributed by atoms with Crippen LogP contribution in [0.3, 0.4) is 0 Å². The minimum absolute atomic E-state index is 0.124. The maximum absolute atomic E-state index is 10.9. The average molecular weight is 233 g/mol. The molecule has 0 aromatic heterocycles. The third-order valence-corrected chi connectivity index (χ3v) is 2.33. The van der Waals surface area contributed by atoms with E-state index in [4.69, 9.17) is 23.2 Å². The Bertz CT molecular complexity index is 447. The van der Waals surface area contributed by atoms with Crippen molar-refractivity contribution in [3.8, 4) is 6.07 Å². The van der Waals surface area contributed by atoms with Gasteiger partial charge in [0.15, 0.2) is 5.92 Å². The monoisotopic (exact) mass is 233 g/mol. The third-order valence-electron chi connectivity index (χ3n) is 1.99. The number of amides is 1. The minimum Gasteiger partial charge on any atom is -0.368 e. The number of nitriles is 1. The maximum atomic E-state index is 10.9. The number of aryl methyl sites for hydroxylation is 1. The molecule has 1 aromatic rings.